The maximum atomic E-state index is 13.1. The molecule has 1 aromatic carbocycles. The minimum absolute atomic E-state index is 0.0956. The number of fused-ring (bicyclic) bond motifs is 1. The first-order chi connectivity index (χ1) is 16.6. The van der Waals surface area contributed by atoms with E-state index in [1.165, 1.54) is 0 Å². The Hall–Kier alpha value is -2.86. The van der Waals surface area contributed by atoms with Crippen LogP contribution in [0.1, 0.15) is 65.9 Å². The van der Waals surface area contributed by atoms with Gasteiger partial charge >= 0.3 is 5.97 Å². The molecule has 180 valence electrons. The molecule has 2 heterocycles. The number of amides is 1. The highest BCUT2D eigenvalue weighted by Crippen LogP contribution is 2.43. The van der Waals surface area contributed by atoms with Crippen molar-refractivity contribution >= 4 is 29.2 Å². The van der Waals surface area contributed by atoms with Crippen LogP contribution in [0.2, 0.25) is 5.02 Å². The van der Waals surface area contributed by atoms with Crippen LogP contribution in [0.15, 0.2) is 53.7 Å². The van der Waals surface area contributed by atoms with Gasteiger partial charge in [0.05, 0.1) is 17.9 Å². The predicted molar refractivity (Wildman–Crippen MR) is 133 cm³/mol. The minimum atomic E-state index is -0.345. The van der Waals surface area contributed by atoms with E-state index in [0.717, 1.165) is 37.7 Å². The molecule has 1 fully saturated rings. The van der Waals surface area contributed by atoms with Crippen LogP contribution in [0.3, 0.4) is 0 Å². The maximum Gasteiger partial charge on any atom is 0.338 e. The van der Waals surface area contributed by atoms with Crippen molar-refractivity contribution in [3.63, 3.8) is 0 Å². The molecule has 1 saturated carbocycles. The predicted octanol–water partition coefficient (Wildman–Crippen LogP) is 5.37. The topological polar surface area (TPSA) is 68.2 Å². The molecule has 1 aliphatic carbocycles. The molecule has 0 unspecified atom stereocenters. The number of esters is 1. The van der Waals surface area contributed by atoms with Crippen LogP contribution in [0.4, 0.5) is 0 Å². The third-order valence-electron chi connectivity index (χ3n) is 6.14. The van der Waals surface area contributed by atoms with E-state index in [1.807, 2.05) is 36.4 Å². The first kappa shape index (κ1) is 24.3. The Balaban J connectivity index is 1.59. The number of rotatable bonds is 4. The van der Waals surface area contributed by atoms with Gasteiger partial charge in [-0.3, -0.25) is 4.79 Å². The van der Waals surface area contributed by atoms with Gasteiger partial charge in [-0.15, -0.1) is 0 Å². The van der Waals surface area contributed by atoms with E-state index in [1.54, 1.807) is 4.90 Å². The van der Waals surface area contributed by atoms with Gasteiger partial charge in [0.2, 0.25) is 0 Å². The average Bonchev–Trinajstić information content (AvgIpc) is 3.69. The lowest BCUT2D eigenvalue weighted by Crippen LogP contribution is -2.36. The number of ether oxygens (including phenoxy) is 1. The maximum absolute atomic E-state index is 13.1. The van der Waals surface area contributed by atoms with E-state index in [-0.39, 0.29) is 18.5 Å². The Morgan fingerprint density at radius 1 is 1.09 bits per heavy atom. The lowest BCUT2D eigenvalue weighted by Gasteiger charge is -2.22. The Morgan fingerprint density at radius 2 is 1.88 bits per heavy atom. The van der Waals surface area contributed by atoms with Crippen LogP contribution in [0, 0.1) is 0 Å². The van der Waals surface area contributed by atoms with Gasteiger partial charge in [-0.05, 0) is 67.7 Å². The molecule has 0 radical (unpaired) electrons. The van der Waals surface area contributed by atoms with Crippen LogP contribution in [-0.2, 0) is 20.8 Å². The van der Waals surface area contributed by atoms with Crippen molar-refractivity contribution < 1.29 is 19.2 Å². The zero-order valence-corrected chi connectivity index (χ0v) is 20.1. The quantitative estimate of drug-likeness (QED) is 0.328. The van der Waals surface area contributed by atoms with Gasteiger partial charge < -0.3 is 14.5 Å². The number of allylic oxidation sites excluding steroid dienone is 3. The number of hydrogen-bond acceptors (Lipinski definition) is 5. The Bertz CT molecular complexity index is 1020. The van der Waals surface area contributed by atoms with Crippen molar-refractivity contribution in [2.75, 3.05) is 26.3 Å². The lowest BCUT2D eigenvalue weighted by molar-refractivity contribution is -0.135. The molecule has 0 aromatic heterocycles. The first-order valence-electron chi connectivity index (χ1n) is 12.0. The summed E-state index contributed by atoms with van der Waals surface area (Å²) in [7, 11) is 0. The molecule has 0 saturated heterocycles. The van der Waals surface area contributed by atoms with Gasteiger partial charge in [0, 0.05) is 24.5 Å². The number of carbonyl (C=O) groups excluding carboxylic acids is 2. The molecule has 0 atom stereocenters. The van der Waals surface area contributed by atoms with Crippen molar-refractivity contribution in [1.82, 2.24) is 4.90 Å². The second-order valence-corrected chi connectivity index (χ2v) is 9.18. The molecule has 0 spiro atoms. The largest absolute Gasteiger partial charge is 0.462 e. The summed E-state index contributed by atoms with van der Waals surface area (Å²) in [5.74, 6) is -0.0788. The zero-order chi connectivity index (χ0) is 23.8. The summed E-state index contributed by atoms with van der Waals surface area (Å²) in [5, 5.41) is 4.78. The Kier molecular flexibility index (Phi) is 8.58. The number of benzene rings is 1. The van der Waals surface area contributed by atoms with Gasteiger partial charge in [-0.2, -0.15) is 0 Å². The van der Waals surface area contributed by atoms with E-state index in [0.29, 0.717) is 60.3 Å². The highest BCUT2D eigenvalue weighted by Gasteiger charge is 2.31. The lowest BCUT2D eigenvalue weighted by atomic mass is 9.94. The number of halogens is 1. The van der Waals surface area contributed by atoms with Gasteiger partial charge in [-0.25, -0.2) is 4.79 Å². The van der Waals surface area contributed by atoms with E-state index in [9.17, 15) is 9.59 Å². The summed E-state index contributed by atoms with van der Waals surface area (Å²) in [4.78, 5) is 32.8. The summed E-state index contributed by atoms with van der Waals surface area (Å²) in [5.41, 5.74) is 2.84. The van der Waals surface area contributed by atoms with Crippen LogP contribution in [0.5, 0.6) is 0 Å². The van der Waals surface area contributed by atoms with Crippen LogP contribution in [-0.4, -0.2) is 48.8 Å². The molecule has 0 bridgehead atoms. The van der Waals surface area contributed by atoms with Crippen LogP contribution in [0.25, 0.3) is 0 Å². The van der Waals surface area contributed by atoms with Crippen molar-refractivity contribution in [1.29, 1.82) is 0 Å². The van der Waals surface area contributed by atoms with Crippen molar-refractivity contribution in [3.8, 4) is 0 Å². The summed E-state index contributed by atoms with van der Waals surface area (Å²) in [6.07, 6.45) is 17.8. The summed E-state index contributed by atoms with van der Waals surface area (Å²) in [6.45, 7) is 1.50. The fourth-order valence-corrected chi connectivity index (χ4v) is 4.38. The smallest absolute Gasteiger partial charge is 0.338 e. The Labute approximate surface area is 205 Å². The molecule has 7 heteroatoms. The molecular formula is C27H31ClN2O4. The van der Waals surface area contributed by atoms with Crippen LogP contribution >= 0.6 is 11.6 Å². The molecular weight excluding hydrogens is 452 g/mol. The summed E-state index contributed by atoms with van der Waals surface area (Å²) in [6, 6.07) is 3.79. The van der Waals surface area contributed by atoms with Crippen molar-refractivity contribution in [2.45, 2.75) is 50.9 Å². The van der Waals surface area contributed by atoms with Gasteiger partial charge in [0.1, 0.15) is 0 Å². The third kappa shape index (κ3) is 6.60. The summed E-state index contributed by atoms with van der Waals surface area (Å²) < 4.78 is 5.61. The molecule has 34 heavy (non-hydrogen) atoms. The molecule has 1 aromatic rings. The van der Waals surface area contributed by atoms with Gasteiger partial charge in [-0.1, -0.05) is 53.2 Å². The Morgan fingerprint density at radius 3 is 2.68 bits per heavy atom. The number of oxime groups is 1. The third-order valence-corrected chi connectivity index (χ3v) is 6.50. The molecule has 1 amide bonds. The SMILES string of the molecule is O=C1OCC/C=C/CC/C=C/C(=N/OCC(=O)N2CC=CCC2)Cc2c(Cl)ccc(C3CC3)c21. The normalized spacial score (nSPS) is 22.4. The van der Waals surface area contributed by atoms with Crippen LogP contribution < -0.4 is 0 Å². The minimum Gasteiger partial charge on any atom is -0.462 e. The fraction of sp³-hybridized carbons (Fsp3) is 0.444. The summed E-state index contributed by atoms with van der Waals surface area (Å²) >= 11 is 6.60. The number of hydrogen-bond donors (Lipinski definition) is 0. The second-order valence-electron chi connectivity index (χ2n) is 8.77. The van der Waals surface area contributed by atoms with Gasteiger partial charge in [0.15, 0.2) is 6.61 Å². The molecule has 4 rings (SSSR count). The van der Waals surface area contributed by atoms with Crippen molar-refractivity contribution in [3.05, 3.63) is 70.3 Å². The van der Waals surface area contributed by atoms with E-state index in [4.69, 9.17) is 21.2 Å². The molecule has 0 N–H and O–H groups in total. The fourth-order valence-electron chi connectivity index (χ4n) is 4.16. The van der Waals surface area contributed by atoms with Crippen molar-refractivity contribution in [2.24, 2.45) is 5.16 Å². The molecule has 6 nitrogen and oxygen atoms in total. The second kappa shape index (κ2) is 12.0. The van der Waals surface area contributed by atoms with E-state index < -0.39 is 0 Å². The zero-order valence-electron chi connectivity index (χ0n) is 19.4. The standard InChI is InChI=1S/C27H31ClN2O4/c28-24-14-13-22(20-11-12-20)26-23(24)18-21(10-6-3-1-2-4-9-17-33-27(26)32)29-34-19-25(31)30-15-7-5-8-16-30/h2,4-7,10,13-14,20H,1,3,8-9,11-12,15-19H2/b4-2+,10-6+,29-21-. The molecule has 2 aliphatic heterocycles. The highest BCUT2D eigenvalue weighted by atomic mass is 35.5. The van der Waals surface area contributed by atoms with E-state index >= 15 is 0 Å². The highest BCUT2D eigenvalue weighted by molar-refractivity contribution is 6.32. The number of carbonyl (C=O) groups is 2. The van der Waals surface area contributed by atoms with Gasteiger partial charge in [0.25, 0.3) is 5.91 Å². The number of cyclic esters (lactones) is 1. The van der Waals surface area contributed by atoms with E-state index in [2.05, 4.69) is 17.3 Å². The molecule has 3 aliphatic rings. The number of nitrogens with zero attached hydrogens (tertiary/aromatic N) is 2. The first-order valence-corrected chi connectivity index (χ1v) is 12.4. The monoisotopic (exact) mass is 482 g/mol. The average molecular weight is 483 g/mol.